The average molecular weight is 580 g/mol. The van der Waals surface area contributed by atoms with Gasteiger partial charge in [-0.2, -0.15) is 0 Å². The lowest BCUT2D eigenvalue weighted by molar-refractivity contribution is -0.144. The standard InChI is InChI=1S/C29H31ClFN7O3/c1-29(31)15-37(16-29)23(39)14-38-25-19(11-20(28(38)41)27(40)33-12-17-6-8-18(30)9-7-17)24-21(13-32-25)34-26(36(24)3)22-5-4-10-35(22)2/h6-9,11,13,22H,4-5,10,12,14-16H2,1-3H3,(H,33,40). The van der Waals surface area contributed by atoms with Gasteiger partial charge in [0, 0.05) is 24.0 Å². The molecule has 1 unspecified atom stereocenters. The summed E-state index contributed by atoms with van der Waals surface area (Å²) in [6.45, 7) is 2.14. The molecule has 2 fully saturated rings. The van der Waals surface area contributed by atoms with E-state index in [0.717, 1.165) is 36.3 Å². The van der Waals surface area contributed by atoms with E-state index in [-0.39, 0.29) is 43.4 Å². The molecule has 2 aliphatic heterocycles. The van der Waals surface area contributed by atoms with Crippen molar-refractivity contribution >= 4 is 45.5 Å². The van der Waals surface area contributed by atoms with Crippen LogP contribution in [0.2, 0.25) is 5.02 Å². The number of carbonyl (C=O) groups is 2. The van der Waals surface area contributed by atoms with Crippen LogP contribution in [0, 0.1) is 0 Å². The van der Waals surface area contributed by atoms with Gasteiger partial charge in [0.25, 0.3) is 11.5 Å². The summed E-state index contributed by atoms with van der Waals surface area (Å²) in [6, 6.07) is 8.70. The third-order valence-electron chi connectivity index (χ3n) is 8.10. The molecule has 0 aliphatic carbocycles. The number of fused-ring (bicyclic) bond motifs is 3. The zero-order chi connectivity index (χ0) is 29.1. The Hall–Kier alpha value is -3.83. The van der Waals surface area contributed by atoms with E-state index in [0.29, 0.717) is 15.9 Å². The van der Waals surface area contributed by atoms with Crippen molar-refractivity contribution in [1.29, 1.82) is 0 Å². The highest BCUT2D eigenvalue weighted by atomic mass is 35.5. The van der Waals surface area contributed by atoms with Crippen molar-refractivity contribution in [2.24, 2.45) is 7.05 Å². The zero-order valence-electron chi connectivity index (χ0n) is 23.2. The van der Waals surface area contributed by atoms with E-state index in [1.165, 1.54) is 22.5 Å². The Bertz CT molecular complexity index is 1740. The molecule has 41 heavy (non-hydrogen) atoms. The maximum atomic E-state index is 14.1. The van der Waals surface area contributed by atoms with E-state index in [9.17, 15) is 18.8 Å². The molecular weight excluding hydrogens is 549 g/mol. The summed E-state index contributed by atoms with van der Waals surface area (Å²) in [4.78, 5) is 53.2. The largest absolute Gasteiger partial charge is 0.348 e. The van der Waals surface area contributed by atoms with Gasteiger partial charge in [-0.05, 0) is 57.1 Å². The van der Waals surface area contributed by atoms with Gasteiger partial charge in [0.1, 0.15) is 34.8 Å². The second-order valence-corrected chi connectivity index (χ2v) is 11.8. The number of hydrogen-bond donors (Lipinski definition) is 1. The van der Waals surface area contributed by atoms with Gasteiger partial charge in [-0.15, -0.1) is 0 Å². The van der Waals surface area contributed by atoms with Crippen LogP contribution in [0.4, 0.5) is 4.39 Å². The SMILES string of the molecule is CN1CCCC1c1nc2cnc3c(cc(C(=O)NCc4ccc(Cl)cc4)c(=O)n3CC(=O)N3CC(C)(F)C3)c2n1C. The molecule has 6 rings (SSSR count). The number of likely N-dealkylation sites (tertiary alicyclic amines) is 2. The van der Waals surface area contributed by atoms with Crippen LogP contribution < -0.4 is 10.9 Å². The number of carbonyl (C=O) groups excluding carboxylic acids is 2. The van der Waals surface area contributed by atoms with Crippen molar-refractivity contribution in [3.05, 3.63) is 68.9 Å². The third-order valence-corrected chi connectivity index (χ3v) is 8.35. The van der Waals surface area contributed by atoms with Crippen LogP contribution in [0.1, 0.15) is 47.6 Å². The van der Waals surface area contributed by atoms with E-state index in [1.807, 2.05) is 11.6 Å². The predicted molar refractivity (Wildman–Crippen MR) is 154 cm³/mol. The number of amides is 2. The molecule has 2 saturated heterocycles. The summed E-state index contributed by atoms with van der Waals surface area (Å²) < 4.78 is 17.3. The molecule has 4 aromatic rings. The summed E-state index contributed by atoms with van der Waals surface area (Å²) in [5.41, 5.74) is 0.222. The van der Waals surface area contributed by atoms with Gasteiger partial charge in [-0.1, -0.05) is 23.7 Å². The number of nitrogens with zero attached hydrogens (tertiary/aromatic N) is 6. The second kappa shape index (κ2) is 10.2. The Morgan fingerprint density at radius 3 is 2.59 bits per heavy atom. The number of halogens is 2. The minimum Gasteiger partial charge on any atom is -0.348 e. The van der Waals surface area contributed by atoms with Gasteiger partial charge >= 0.3 is 0 Å². The maximum Gasteiger partial charge on any atom is 0.265 e. The molecule has 10 nitrogen and oxygen atoms in total. The summed E-state index contributed by atoms with van der Waals surface area (Å²) in [6.07, 6.45) is 3.64. The van der Waals surface area contributed by atoms with E-state index >= 15 is 0 Å². The minimum atomic E-state index is -1.45. The Morgan fingerprint density at radius 1 is 1.20 bits per heavy atom. The monoisotopic (exact) mass is 579 g/mol. The van der Waals surface area contributed by atoms with E-state index in [1.54, 1.807) is 30.5 Å². The third kappa shape index (κ3) is 4.97. The van der Waals surface area contributed by atoms with E-state index in [2.05, 4.69) is 22.2 Å². The van der Waals surface area contributed by atoms with Gasteiger partial charge in [-0.25, -0.2) is 14.4 Å². The van der Waals surface area contributed by atoms with Crippen molar-refractivity contribution in [3.8, 4) is 0 Å². The van der Waals surface area contributed by atoms with Crippen molar-refractivity contribution in [1.82, 2.24) is 34.2 Å². The number of aromatic nitrogens is 4. The topological polar surface area (TPSA) is 105 Å². The van der Waals surface area contributed by atoms with Crippen molar-refractivity contribution in [2.75, 3.05) is 26.7 Å². The molecule has 1 aromatic carbocycles. The Balaban J connectivity index is 1.45. The first-order valence-corrected chi connectivity index (χ1v) is 14.0. The highest BCUT2D eigenvalue weighted by Crippen LogP contribution is 2.33. The zero-order valence-corrected chi connectivity index (χ0v) is 23.9. The van der Waals surface area contributed by atoms with Crippen LogP contribution in [0.25, 0.3) is 22.1 Å². The van der Waals surface area contributed by atoms with Crippen molar-refractivity contribution in [2.45, 2.75) is 44.6 Å². The molecule has 0 saturated carbocycles. The smallest absolute Gasteiger partial charge is 0.265 e. The molecule has 0 spiro atoms. The molecular formula is C29H31ClFN7O3. The molecule has 3 aromatic heterocycles. The van der Waals surface area contributed by atoms with Crippen LogP contribution in [-0.4, -0.2) is 73.1 Å². The lowest BCUT2D eigenvalue weighted by Crippen LogP contribution is -2.60. The van der Waals surface area contributed by atoms with Gasteiger partial charge in [-0.3, -0.25) is 23.9 Å². The van der Waals surface area contributed by atoms with Crippen LogP contribution >= 0.6 is 11.6 Å². The number of pyridine rings is 2. The summed E-state index contributed by atoms with van der Waals surface area (Å²) in [7, 11) is 3.98. The lowest BCUT2D eigenvalue weighted by atomic mass is 9.99. The first-order valence-electron chi connectivity index (χ1n) is 13.6. The van der Waals surface area contributed by atoms with E-state index < -0.39 is 23.0 Å². The number of hydrogen-bond acceptors (Lipinski definition) is 6. The first kappa shape index (κ1) is 27.3. The summed E-state index contributed by atoms with van der Waals surface area (Å²) >= 11 is 5.97. The quantitative estimate of drug-likeness (QED) is 0.376. The number of benzene rings is 1. The van der Waals surface area contributed by atoms with Crippen LogP contribution in [0.15, 0.2) is 41.3 Å². The number of rotatable bonds is 6. The van der Waals surface area contributed by atoms with Crippen molar-refractivity contribution < 1.29 is 14.0 Å². The average Bonchev–Trinajstić information content (AvgIpc) is 3.50. The van der Waals surface area contributed by atoms with Gasteiger partial charge < -0.3 is 14.8 Å². The molecule has 12 heteroatoms. The molecule has 0 bridgehead atoms. The normalized spacial score (nSPS) is 18.7. The Labute approximate surface area is 240 Å². The molecule has 214 valence electrons. The second-order valence-electron chi connectivity index (χ2n) is 11.3. The number of aryl methyl sites for hydroxylation is 1. The molecule has 1 N–H and O–H groups in total. The summed E-state index contributed by atoms with van der Waals surface area (Å²) in [5.74, 6) is -0.120. The summed E-state index contributed by atoms with van der Waals surface area (Å²) in [5, 5.41) is 3.92. The molecule has 5 heterocycles. The maximum absolute atomic E-state index is 14.1. The Kier molecular flexibility index (Phi) is 6.82. The predicted octanol–water partition coefficient (Wildman–Crippen LogP) is 3.20. The first-order chi connectivity index (χ1) is 19.5. The van der Waals surface area contributed by atoms with Gasteiger partial charge in [0.05, 0.1) is 30.8 Å². The van der Waals surface area contributed by atoms with Crippen LogP contribution in [0.3, 0.4) is 0 Å². The highest BCUT2D eigenvalue weighted by molar-refractivity contribution is 6.30. The molecule has 1 atom stereocenters. The number of alkyl halides is 1. The van der Waals surface area contributed by atoms with Crippen LogP contribution in [-0.2, 0) is 24.9 Å². The van der Waals surface area contributed by atoms with Crippen LogP contribution in [0.5, 0.6) is 0 Å². The minimum absolute atomic E-state index is 0.0442. The number of imidazole rings is 1. The highest BCUT2D eigenvalue weighted by Gasteiger charge is 2.41. The lowest BCUT2D eigenvalue weighted by Gasteiger charge is -2.42. The molecule has 0 radical (unpaired) electrons. The Morgan fingerprint density at radius 2 is 1.93 bits per heavy atom. The number of nitrogens with one attached hydrogen (secondary N) is 1. The fraction of sp³-hybridized carbons (Fsp3) is 0.414. The van der Waals surface area contributed by atoms with Gasteiger partial charge in [0.15, 0.2) is 0 Å². The van der Waals surface area contributed by atoms with E-state index in [4.69, 9.17) is 16.6 Å². The fourth-order valence-electron chi connectivity index (χ4n) is 5.92. The van der Waals surface area contributed by atoms with Crippen molar-refractivity contribution in [3.63, 3.8) is 0 Å². The fourth-order valence-corrected chi connectivity index (χ4v) is 6.05. The van der Waals surface area contributed by atoms with Gasteiger partial charge in [0.2, 0.25) is 5.91 Å². The molecule has 2 amide bonds. The molecule has 2 aliphatic rings.